The Morgan fingerprint density at radius 1 is 0.640 bits per heavy atom. The van der Waals surface area contributed by atoms with Gasteiger partial charge in [-0.3, -0.25) is 19.6 Å². The van der Waals surface area contributed by atoms with Crippen LogP contribution < -0.4 is 20.9 Å². The summed E-state index contributed by atoms with van der Waals surface area (Å²) in [6.07, 6.45) is 10.6. The van der Waals surface area contributed by atoms with Crippen LogP contribution in [0, 0.1) is 13.8 Å². The smallest absolute Gasteiger partial charge is 0.420 e. The van der Waals surface area contributed by atoms with E-state index in [0.717, 1.165) is 44.8 Å². The lowest BCUT2D eigenvalue weighted by Gasteiger charge is -2.28. The van der Waals surface area contributed by atoms with Gasteiger partial charge in [0, 0.05) is 60.8 Å². The van der Waals surface area contributed by atoms with Crippen LogP contribution in [0.2, 0.25) is 0 Å². The third-order valence-electron chi connectivity index (χ3n) is 10.8. The molecule has 2 aliphatic rings. The maximum absolute atomic E-state index is 13.4. The molecule has 2 aromatic heterocycles. The van der Waals surface area contributed by atoms with Gasteiger partial charge in [-0.15, -0.1) is 23.2 Å². The van der Waals surface area contributed by atoms with Gasteiger partial charge >= 0.3 is 12.2 Å². The van der Waals surface area contributed by atoms with Crippen LogP contribution >= 0.6 is 34.8 Å². The monoisotopic (exact) mass is 1070 g/mol. The first-order chi connectivity index (χ1) is 35.6. The lowest BCUT2D eigenvalue weighted by atomic mass is 10.1. The minimum absolute atomic E-state index is 0.169. The van der Waals surface area contributed by atoms with Crippen molar-refractivity contribution in [1.82, 2.24) is 19.6 Å². The molecule has 0 unspecified atom stereocenters. The maximum Gasteiger partial charge on any atom is 0.420 e. The predicted molar refractivity (Wildman–Crippen MR) is 302 cm³/mol. The van der Waals surface area contributed by atoms with Crippen LogP contribution in [-0.2, 0) is 19.1 Å². The van der Waals surface area contributed by atoms with Crippen LogP contribution in [0.15, 0.2) is 144 Å². The van der Waals surface area contributed by atoms with Gasteiger partial charge in [-0.2, -0.15) is 10.2 Å². The zero-order valence-electron chi connectivity index (χ0n) is 43.2. The number of ether oxygens (including phenoxy) is 2. The minimum Gasteiger partial charge on any atom is -0.443 e. The molecule has 0 fully saturated rings. The lowest BCUT2D eigenvalue weighted by molar-refractivity contribution is -0.116. The van der Waals surface area contributed by atoms with Gasteiger partial charge in [0.1, 0.15) is 22.9 Å². The number of amidine groups is 2. The number of nitrogen functional groups attached to an aromatic ring is 1. The lowest BCUT2D eigenvalue weighted by Crippen LogP contribution is -2.40. The summed E-state index contributed by atoms with van der Waals surface area (Å²) >= 11 is 15.6. The predicted octanol–water partition coefficient (Wildman–Crippen LogP) is 12.4. The van der Waals surface area contributed by atoms with Gasteiger partial charge in [-0.25, -0.2) is 28.8 Å². The summed E-state index contributed by atoms with van der Waals surface area (Å²) in [7, 11) is 0. The summed E-state index contributed by atoms with van der Waals surface area (Å²) in [5, 5.41) is 11.0. The van der Waals surface area contributed by atoms with Crippen molar-refractivity contribution in [3.8, 4) is 11.4 Å². The van der Waals surface area contributed by atoms with Crippen molar-refractivity contribution in [2.24, 2.45) is 9.98 Å². The number of amides is 3. The summed E-state index contributed by atoms with van der Waals surface area (Å²) in [6.45, 7) is 15.7. The molecule has 3 amide bonds. The number of rotatable bonds is 11. The molecular formula is C56H61Cl3N10O6. The van der Waals surface area contributed by atoms with Crippen LogP contribution in [-0.4, -0.2) is 90.6 Å². The number of alkyl halides is 2. The first-order valence-corrected chi connectivity index (χ1v) is 25.4. The number of benzene rings is 4. The quantitative estimate of drug-likeness (QED) is 0.0722. The third-order valence-corrected chi connectivity index (χ3v) is 11.4. The Balaban J connectivity index is 0.000000222. The first kappa shape index (κ1) is 56.8. The molecule has 0 spiro atoms. The number of aromatic nitrogens is 4. The van der Waals surface area contributed by atoms with E-state index in [1.165, 1.54) is 9.80 Å². The van der Waals surface area contributed by atoms with E-state index in [1.807, 2.05) is 163 Å². The summed E-state index contributed by atoms with van der Waals surface area (Å²) < 4.78 is 15.0. The van der Waals surface area contributed by atoms with Crippen LogP contribution in [0.5, 0.6) is 0 Å². The molecule has 19 heteroatoms. The number of anilines is 4. The Morgan fingerprint density at radius 3 is 1.44 bits per heavy atom. The van der Waals surface area contributed by atoms with Crippen LogP contribution in [0.1, 0.15) is 76.6 Å². The van der Waals surface area contributed by atoms with Crippen molar-refractivity contribution in [3.63, 3.8) is 0 Å². The van der Waals surface area contributed by atoms with Crippen molar-refractivity contribution < 1.29 is 28.7 Å². The first-order valence-electron chi connectivity index (χ1n) is 24.0. The van der Waals surface area contributed by atoms with E-state index in [0.29, 0.717) is 53.4 Å². The number of carbonyl (C=O) groups is 4. The van der Waals surface area contributed by atoms with Crippen molar-refractivity contribution in [1.29, 1.82) is 0 Å². The molecular weight excluding hydrogens is 1020 g/mol. The fourth-order valence-electron chi connectivity index (χ4n) is 7.49. The number of nitrogens with one attached hydrogen (secondary N) is 1. The molecule has 0 saturated carbocycles. The Hall–Kier alpha value is -7.53. The molecule has 75 heavy (non-hydrogen) atoms. The molecule has 2 aliphatic heterocycles. The van der Waals surface area contributed by atoms with Gasteiger partial charge in [0.15, 0.2) is 0 Å². The van der Waals surface area contributed by atoms with Gasteiger partial charge in [0.2, 0.25) is 11.1 Å². The van der Waals surface area contributed by atoms with E-state index >= 15 is 0 Å². The van der Waals surface area contributed by atoms with Crippen molar-refractivity contribution in [2.45, 2.75) is 79.4 Å². The molecule has 0 bridgehead atoms. The van der Waals surface area contributed by atoms with Gasteiger partial charge in [0.25, 0.3) is 0 Å². The van der Waals surface area contributed by atoms with Crippen molar-refractivity contribution >= 4 is 104 Å². The second kappa shape index (κ2) is 25.6. The van der Waals surface area contributed by atoms with E-state index in [4.69, 9.17) is 50.0 Å². The highest BCUT2D eigenvalue weighted by atomic mass is 35.5. The standard InChI is InChI=1S/C28H30ClN5O3.C25H27N5O2.C3H4Cl2O/c1-19-16-22(32-26(35)12-13-29)8-11-24(19)34(27(36)37-28(2,3)4)25-17-21(18-30-25)20-6-9-23(10-7-20)33-15-5-14-31-33;1-17-14-20(26)8-11-22(17)30(24(31)32-25(2,3)4)23-15-19(16-27-23)18-6-9-21(10-7-18)29-13-5-12-28-29;4-2-1-3(5)6/h5-11,14-17H,12-13,18H2,1-4H3,(H,32,35);5-15H,16,26H2,1-4H3;1-2H2. The summed E-state index contributed by atoms with van der Waals surface area (Å²) in [4.78, 5) is 60.5. The molecule has 0 radical (unpaired) electrons. The number of nitrogens with two attached hydrogens (primary N) is 1. The van der Waals surface area contributed by atoms with E-state index < -0.39 is 23.4 Å². The number of nitrogens with zero attached hydrogens (tertiary/aromatic N) is 8. The van der Waals surface area contributed by atoms with Gasteiger partial charge in [0.05, 0.1) is 35.8 Å². The fourth-order valence-corrected chi connectivity index (χ4v) is 8.02. The van der Waals surface area contributed by atoms with E-state index in [1.54, 1.807) is 35.3 Å². The Morgan fingerprint density at radius 2 is 1.08 bits per heavy atom. The average Bonchev–Trinajstić information content (AvgIpc) is 4.20. The number of carbonyl (C=O) groups excluding carboxylic acids is 4. The summed E-state index contributed by atoms with van der Waals surface area (Å²) in [6, 6.07) is 30.6. The average molecular weight is 1080 g/mol. The van der Waals surface area contributed by atoms with Gasteiger partial charge in [-0.05, 0) is 185 Å². The van der Waals surface area contributed by atoms with Crippen molar-refractivity contribution in [2.75, 3.05) is 45.7 Å². The molecule has 392 valence electrons. The highest BCUT2D eigenvalue weighted by molar-refractivity contribution is 6.63. The maximum atomic E-state index is 13.4. The Kier molecular flexibility index (Phi) is 19.4. The zero-order chi connectivity index (χ0) is 54.5. The van der Waals surface area contributed by atoms with Crippen LogP contribution in [0.3, 0.4) is 0 Å². The van der Waals surface area contributed by atoms with Gasteiger partial charge in [-0.1, -0.05) is 24.3 Å². The highest BCUT2D eigenvalue weighted by Crippen LogP contribution is 2.32. The number of aliphatic imine (C=N–C) groups is 2. The number of halogens is 3. The Bertz CT molecular complexity index is 3080. The fraction of sp³-hybridized carbons (Fsp3) is 0.286. The molecule has 8 rings (SSSR count). The van der Waals surface area contributed by atoms with E-state index in [9.17, 15) is 19.2 Å². The molecule has 0 saturated heterocycles. The molecule has 3 N–H and O–H groups in total. The van der Waals surface area contributed by atoms with Crippen molar-refractivity contribution in [3.05, 3.63) is 156 Å². The summed E-state index contributed by atoms with van der Waals surface area (Å²) in [5.74, 6) is 1.43. The van der Waals surface area contributed by atoms with Crippen LogP contribution in [0.25, 0.3) is 22.5 Å². The van der Waals surface area contributed by atoms with E-state index in [-0.39, 0.29) is 29.9 Å². The molecule has 0 aliphatic carbocycles. The minimum atomic E-state index is -0.688. The third kappa shape index (κ3) is 16.2. The number of aryl methyl sites for hydroxylation is 2. The normalized spacial score (nSPS) is 12.9. The van der Waals surface area contributed by atoms with Crippen LogP contribution in [0.4, 0.5) is 32.3 Å². The summed E-state index contributed by atoms with van der Waals surface area (Å²) in [5.41, 5.74) is 14.8. The second-order valence-electron chi connectivity index (χ2n) is 19.1. The molecule has 4 heterocycles. The number of hydrogen-bond donors (Lipinski definition) is 2. The second-order valence-corrected chi connectivity index (χ2v) is 20.3. The van der Waals surface area contributed by atoms with E-state index in [2.05, 4.69) is 25.5 Å². The zero-order valence-corrected chi connectivity index (χ0v) is 45.5. The topological polar surface area (TPSA) is 192 Å². The molecule has 16 nitrogen and oxygen atoms in total. The molecule has 6 aromatic rings. The SMILES string of the molecule is Cc1cc(N)ccc1N(C(=O)OC(C)(C)C)C1=NCC(c2ccc(-n3cccn3)cc2)=C1.Cc1cc(NC(=O)CCCl)ccc1N(C(=O)OC(C)(C)C)C1=NCC(c2ccc(-n3cccn3)cc2)=C1.O=C(Cl)CCCl. The molecule has 0 atom stereocenters. The highest BCUT2D eigenvalue weighted by Gasteiger charge is 2.31. The largest absolute Gasteiger partial charge is 0.443 e. The Labute approximate surface area is 452 Å². The number of hydrogen-bond acceptors (Lipinski definition) is 11. The molecule has 4 aromatic carbocycles. The van der Waals surface area contributed by atoms with Gasteiger partial charge < -0.3 is 20.5 Å².